The third-order valence-electron chi connectivity index (χ3n) is 2.30. The fraction of sp³-hybridized carbons (Fsp3) is 0.455. The Hall–Kier alpha value is -0.390. The summed E-state index contributed by atoms with van der Waals surface area (Å²) in [7, 11) is -3.48. The zero-order chi connectivity index (χ0) is 13.8. The molecule has 5 nitrogen and oxygen atoms in total. The molecular formula is C11H17BrNO4P. The first kappa shape index (κ1) is 15.7. The minimum atomic E-state index is -3.48. The number of phenols is 1. The Kier molecular flexibility index (Phi) is 5.82. The molecule has 0 saturated carbocycles. The minimum absolute atomic E-state index is 0.0513. The standard InChI is InChI=1S/C11H17BrNO4P/c1-3-16-18(15,17-4-2)11(13)8-6-5-7-9(12)10(8)14/h5-7,11,14H,3-4,13H2,1-2H3/t11-/m1/s1. The highest BCUT2D eigenvalue weighted by atomic mass is 79.9. The Morgan fingerprint density at radius 3 is 2.44 bits per heavy atom. The van der Waals surface area contributed by atoms with Crippen LogP contribution < -0.4 is 5.73 Å². The predicted octanol–water partition coefficient (Wildman–Crippen LogP) is 3.38. The van der Waals surface area contributed by atoms with Crippen LogP contribution in [0.4, 0.5) is 0 Å². The van der Waals surface area contributed by atoms with E-state index in [1.54, 1.807) is 32.0 Å². The molecule has 1 aromatic rings. The summed E-state index contributed by atoms with van der Waals surface area (Å²) in [4.78, 5) is 0. The lowest BCUT2D eigenvalue weighted by atomic mass is 10.2. The fourth-order valence-corrected chi connectivity index (χ4v) is 3.54. The number of nitrogens with two attached hydrogens (primary N) is 1. The van der Waals surface area contributed by atoms with E-state index in [1.807, 2.05) is 0 Å². The molecule has 0 aliphatic heterocycles. The molecule has 3 N–H and O–H groups in total. The molecule has 1 atom stereocenters. The summed E-state index contributed by atoms with van der Waals surface area (Å²) in [6, 6.07) is 4.95. The van der Waals surface area contributed by atoms with E-state index in [-0.39, 0.29) is 19.0 Å². The van der Waals surface area contributed by atoms with Crippen LogP contribution in [-0.2, 0) is 13.6 Å². The second-order valence-electron chi connectivity index (χ2n) is 3.50. The number of phenolic OH excluding ortho intramolecular Hbond substituents is 1. The van der Waals surface area contributed by atoms with Gasteiger partial charge in [-0.1, -0.05) is 12.1 Å². The van der Waals surface area contributed by atoms with Crippen molar-refractivity contribution in [1.82, 2.24) is 0 Å². The van der Waals surface area contributed by atoms with Gasteiger partial charge in [-0.3, -0.25) is 4.57 Å². The summed E-state index contributed by atoms with van der Waals surface area (Å²) < 4.78 is 23.3. The van der Waals surface area contributed by atoms with Gasteiger partial charge in [0.15, 0.2) is 0 Å². The highest BCUT2D eigenvalue weighted by Gasteiger charge is 2.35. The number of hydrogen-bond donors (Lipinski definition) is 2. The van der Waals surface area contributed by atoms with Gasteiger partial charge in [-0.2, -0.15) is 0 Å². The van der Waals surface area contributed by atoms with E-state index >= 15 is 0 Å². The van der Waals surface area contributed by atoms with E-state index in [4.69, 9.17) is 14.8 Å². The lowest BCUT2D eigenvalue weighted by molar-refractivity contribution is 0.212. The third-order valence-corrected chi connectivity index (χ3v) is 5.13. The molecule has 0 radical (unpaired) electrons. The van der Waals surface area contributed by atoms with Crippen molar-refractivity contribution in [2.45, 2.75) is 19.6 Å². The van der Waals surface area contributed by atoms with Gasteiger partial charge in [-0.15, -0.1) is 0 Å². The number of hydrogen-bond acceptors (Lipinski definition) is 5. The lowest BCUT2D eigenvalue weighted by Gasteiger charge is -2.24. The summed E-state index contributed by atoms with van der Waals surface area (Å²) in [5, 5.41) is 9.91. The molecule has 0 spiro atoms. The molecule has 7 heteroatoms. The van der Waals surface area contributed by atoms with Gasteiger partial charge in [-0.25, -0.2) is 0 Å². The molecule has 1 aromatic carbocycles. The van der Waals surface area contributed by atoms with Crippen molar-refractivity contribution in [3.63, 3.8) is 0 Å². The monoisotopic (exact) mass is 337 g/mol. The van der Waals surface area contributed by atoms with Crippen molar-refractivity contribution >= 4 is 23.5 Å². The molecule has 0 unspecified atom stereocenters. The maximum atomic E-state index is 12.5. The Morgan fingerprint density at radius 2 is 1.94 bits per heavy atom. The molecular weight excluding hydrogens is 321 g/mol. The molecule has 102 valence electrons. The summed E-state index contributed by atoms with van der Waals surface area (Å²) in [6.07, 6.45) is 0. The number of halogens is 1. The maximum absolute atomic E-state index is 12.5. The molecule has 0 aliphatic rings. The molecule has 0 heterocycles. The van der Waals surface area contributed by atoms with Crippen molar-refractivity contribution in [2.75, 3.05) is 13.2 Å². The van der Waals surface area contributed by atoms with Gasteiger partial charge >= 0.3 is 7.60 Å². The fourth-order valence-electron chi connectivity index (χ4n) is 1.50. The van der Waals surface area contributed by atoms with Gasteiger partial charge in [0.25, 0.3) is 0 Å². The van der Waals surface area contributed by atoms with Gasteiger partial charge in [0.1, 0.15) is 11.5 Å². The van der Waals surface area contributed by atoms with Crippen LogP contribution >= 0.6 is 23.5 Å². The molecule has 0 saturated heterocycles. The maximum Gasteiger partial charge on any atom is 0.351 e. The van der Waals surface area contributed by atoms with E-state index in [1.165, 1.54) is 0 Å². The van der Waals surface area contributed by atoms with E-state index in [0.717, 1.165) is 0 Å². The zero-order valence-electron chi connectivity index (χ0n) is 10.3. The van der Waals surface area contributed by atoms with Crippen molar-refractivity contribution in [3.8, 4) is 5.75 Å². The molecule has 0 bridgehead atoms. The van der Waals surface area contributed by atoms with E-state index in [9.17, 15) is 9.67 Å². The highest BCUT2D eigenvalue weighted by Crippen LogP contribution is 2.59. The largest absolute Gasteiger partial charge is 0.506 e. The van der Waals surface area contributed by atoms with Gasteiger partial charge in [0, 0.05) is 5.56 Å². The van der Waals surface area contributed by atoms with Crippen LogP contribution in [0, 0.1) is 0 Å². The Morgan fingerprint density at radius 1 is 1.39 bits per heavy atom. The topological polar surface area (TPSA) is 81.8 Å². The molecule has 18 heavy (non-hydrogen) atoms. The van der Waals surface area contributed by atoms with Crippen LogP contribution in [0.1, 0.15) is 25.2 Å². The van der Waals surface area contributed by atoms with Gasteiger partial charge in [-0.05, 0) is 35.8 Å². The first-order chi connectivity index (χ1) is 8.46. The van der Waals surface area contributed by atoms with Gasteiger partial charge in [0.05, 0.1) is 17.7 Å². The van der Waals surface area contributed by atoms with E-state index < -0.39 is 13.4 Å². The van der Waals surface area contributed by atoms with E-state index in [0.29, 0.717) is 10.0 Å². The van der Waals surface area contributed by atoms with Crippen molar-refractivity contribution < 1.29 is 18.7 Å². The van der Waals surface area contributed by atoms with Gasteiger partial charge in [0.2, 0.25) is 0 Å². The second kappa shape index (κ2) is 6.68. The summed E-state index contributed by atoms with van der Waals surface area (Å²) in [5.74, 6) is -1.07. The number of rotatable bonds is 6. The number of aromatic hydroxyl groups is 1. The Bertz CT molecular complexity index is 445. The van der Waals surface area contributed by atoms with E-state index in [2.05, 4.69) is 15.9 Å². The SMILES string of the molecule is CCOP(=O)(OCC)[C@@H](N)c1cccc(Br)c1O. The first-order valence-electron chi connectivity index (χ1n) is 5.58. The second-order valence-corrected chi connectivity index (χ2v) is 6.50. The quantitative estimate of drug-likeness (QED) is 0.777. The summed E-state index contributed by atoms with van der Waals surface area (Å²) in [5.41, 5.74) is 6.25. The van der Waals surface area contributed by atoms with Gasteiger partial charge < -0.3 is 19.9 Å². The normalized spacial score (nSPS) is 13.6. The van der Waals surface area contributed by atoms with Crippen molar-refractivity contribution in [3.05, 3.63) is 28.2 Å². The number of benzene rings is 1. The lowest BCUT2D eigenvalue weighted by Crippen LogP contribution is -2.15. The smallest absolute Gasteiger partial charge is 0.351 e. The highest BCUT2D eigenvalue weighted by molar-refractivity contribution is 9.10. The van der Waals surface area contributed by atoms with Crippen LogP contribution in [0.2, 0.25) is 0 Å². The average molecular weight is 338 g/mol. The van der Waals surface area contributed by atoms with Crippen LogP contribution in [0.15, 0.2) is 22.7 Å². The third kappa shape index (κ3) is 3.33. The first-order valence-corrected chi connectivity index (χ1v) is 7.98. The van der Waals surface area contributed by atoms with Crippen LogP contribution in [-0.4, -0.2) is 18.3 Å². The molecule has 0 amide bonds. The average Bonchev–Trinajstić information content (AvgIpc) is 2.32. The van der Waals surface area contributed by atoms with Crippen LogP contribution in [0.3, 0.4) is 0 Å². The minimum Gasteiger partial charge on any atom is -0.506 e. The van der Waals surface area contributed by atoms with Crippen molar-refractivity contribution in [2.24, 2.45) is 5.73 Å². The Balaban J connectivity index is 3.13. The zero-order valence-corrected chi connectivity index (χ0v) is 12.8. The molecule has 0 aromatic heterocycles. The van der Waals surface area contributed by atoms with Crippen LogP contribution in [0.25, 0.3) is 0 Å². The van der Waals surface area contributed by atoms with Crippen LogP contribution in [0.5, 0.6) is 5.75 Å². The Labute approximate surface area is 115 Å². The van der Waals surface area contributed by atoms with Crippen molar-refractivity contribution in [1.29, 1.82) is 0 Å². The summed E-state index contributed by atoms with van der Waals surface area (Å²) >= 11 is 3.18. The molecule has 1 rings (SSSR count). The predicted molar refractivity (Wildman–Crippen MR) is 73.6 cm³/mol. The number of para-hydroxylation sites is 1. The summed E-state index contributed by atoms with van der Waals surface area (Å²) in [6.45, 7) is 3.86. The molecule has 0 fully saturated rings. The molecule has 0 aliphatic carbocycles.